The number of ether oxygens (including phenoxy) is 2. The molecule has 6 heteroatoms. The molecular weight excluding hydrogens is 486 g/mol. The van der Waals surface area contributed by atoms with Crippen LogP contribution in [-0.4, -0.2) is 29.6 Å². The minimum absolute atomic E-state index is 0.175. The van der Waals surface area contributed by atoms with Gasteiger partial charge in [-0.3, -0.25) is 4.98 Å². The lowest BCUT2D eigenvalue weighted by atomic mass is 10.1. The number of hydrogen-bond acceptors (Lipinski definition) is 4. The van der Waals surface area contributed by atoms with Crippen molar-refractivity contribution in [3.63, 3.8) is 0 Å². The van der Waals surface area contributed by atoms with Gasteiger partial charge in [0.15, 0.2) is 11.5 Å². The minimum atomic E-state index is -0.175. The van der Waals surface area contributed by atoms with Crippen LogP contribution in [-0.2, 0) is 19.6 Å². The molecule has 0 aliphatic rings. The molecule has 6 nitrogen and oxygen atoms in total. The highest BCUT2D eigenvalue weighted by Crippen LogP contribution is 2.30. The van der Waals surface area contributed by atoms with Crippen LogP contribution in [0.2, 0.25) is 0 Å². The van der Waals surface area contributed by atoms with Gasteiger partial charge in [-0.05, 0) is 46.8 Å². The van der Waals surface area contributed by atoms with Gasteiger partial charge in [0, 0.05) is 36.8 Å². The van der Waals surface area contributed by atoms with E-state index >= 15 is 0 Å². The Kier molecular flexibility index (Phi) is 8.34. The topological polar surface area (TPSA) is 63.7 Å². The summed E-state index contributed by atoms with van der Waals surface area (Å²) in [5.74, 6) is 1.29. The SMILES string of the molecule is COc1cc(CN(CCc2ccccn2)C(=O)Nc2cccc3ccccc23)ccc1OCc1ccccc1. The summed E-state index contributed by atoms with van der Waals surface area (Å²) in [6.07, 6.45) is 2.41. The first kappa shape index (κ1) is 25.8. The fraction of sp³-hybridized carbons (Fsp3) is 0.152. The van der Waals surface area contributed by atoms with Gasteiger partial charge in [-0.2, -0.15) is 0 Å². The number of benzene rings is 4. The van der Waals surface area contributed by atoms with Crippen molar-refractivity contribution in [2.75, 3.05) is 19.0 Å². The van der Waals surface area contributed by atoms with E-state index in [4.69, 9.17) is 9.47 Å². The Balaban J connectivity index is 1.34. The van der Waals surface area contributed by atoms with E-state index in [9.17, 15) is 4.79 Å². The number of amides is 2. The summed E-state index contributed by atoms with van der Waals surface area (Å²) >= 11 is 0. The molecule has 2 amide bonds. The summed E-state index contributed by atoms with van der Waals surface area (Å²) in [6.45, 7) is 1.35. The van der Waals surface area contributed by atoms with Gasteiger partial charge >= 0.3 is 6.03 Å². The molecule has 0 spiro atoms. The van der Waals surface area contributed by atoms with Gasteiger partial charge in [0.2, 0.25) is 0 Å². The highest BCUT2D eigenvalue weighted by atomic mass is 16.5. The van der Waals surface area contributed by atoms with Crippen molar-refractivity contribution in [3.8, 4) is 11.5 Å². The van der Waals surface area contributed by atoms with E-state index in [1.807, 2.05) is 109 Å². The number of urea groups is 1. The predicted molar refractivity (Wildman–Crippen MR) is 155 cm³/mol. The monoisotopic (exact) mass is 517 g/mol. The summed E-state index contributed by atoms with van der Waals surface area (Å²) in [5, 5.41) is 5.21. The van der Waals surface area contributed by atoms with Gasteiger partial charge in [-0.25, -0.2) is 4.79 Å². The van der Waals surface area contributed by atoms with Crippen molar-refractivity contribution in [2.45, 2.75) is 19.6 Å². The van der Waals surface area contributed by atoms with Crippen LogP contribution in [0.15, 0.2) is 115 Å². The number of methoxy groups -OCH3 is 1. The molecule has 0 aliphatic heterocycles. The second-order valence-electron chi connectivity index (χ2n) is 9.21. The number of pyridine rings is 1. The van der Waals surface area contributed by atoms with Crippen LogP contribution in [0, 0.1) is 0 Å². The quantitative estimate of drug-likeness (QED) is 0.215. The number of fused-ring (bicyclic) bond motifs is 1. The van der Waals surface area contributed by atoms with Gasteiger partial charge in [0.1, 0.15) is 6.61 Å². The number of carbonyl (C=O) groups is 1. The Morgan fingerprint density at radius 1 is 0.821 bits per heavy atom. The second-order valence-corrected chi connectivity index (χ2v) is 9.21. The zero-order chi connectivity index (χ0) is 26.9. The molecule has 0 radical (unpaired) electrons. The van der Waals surface area contributed by atoms with Crippen molar-refractivity contribution < 1.29 is 14.3 Å². The highest BCUT2D eigenvalue weighted by molar-refractivity contribution is 6.01. The third-order valence-corrected chi connectivity index (χ3v) is 6.52. The minimum Gasteiger partial charge on any atom is -0.493 e. The maximum absolute atomic E-state index is 13.6. The normalized spacial score (nSPS) is 10.7. The Labute approximate surface area is 228 Å². The van der Waals surface area contributed by atoms with E-state index in [1.165, 1.54) is 0 Å². The van der Waals surface area contributed by atoms with Gasteiger partial charge in [0.05, 0.1) is 12.8 Å². The lowest BCUT2D eigenvalue weighted by Gasteiger charge is -2.24. The Bertz CT molecular complexity index is 1520. The van der Waals surface area contributed by atoms with Crippen LogP contribution >= 0.6 is 0 Å². The third kappa shape index (κ3) is 6.73. The Morgan fingerprint density at radius 2 is 1.62 bits per heavy atom. The zero-order valence-corrected chi connectivity index (χ0v) is 21.9. The number of aromatic nitrogens is 1. The fourth-order valence-corrected chi connectivity index (χ4v) is 4.46. The molecule has 0 fully saturated rings. The van der Waals surface area contributed by atoms with E-state index in [-0.39, 0.29) is 6.03 Å². The summed E-state index contributed by atoms with van der Waals surface area (Å²) < 4.78 is 11.7. The average molecular weight is 518 g/mol. The van der Waals surface area contributed by atoms with Crippen molar-refractivity contribution in [3.05, 3.63) is 132 Å². The molecule has 0 bridgehead atoms. The summed E-state index contributed by atoms with van der Waals surface area (Å²) in [4.78, 5) is 19.8. The number of carbonyl (C=O) groups excluding carboxylic acids is 1. The van der Waals surface area contributed by atoms with Crippen molar-refractivity contribution in [2.24, 2.45) is 0 Å². The molecule has 196 valence electrons. The number of nitrogens with one attached hydrogen (secondary N) is 1. The summed E-state index contributed by atoms with van der Waals surface area (Å²) in [7, 11) is 1.63. The highest BCUT2D eigenvalue weighted by Gasteiger charge is 2.17. The number of rotatable bonds is 10. The molecule has 5 rings (SSSR count). The first-order valence-electron chi connectivity index (χ1n) is 13.0. The molecule has 0 unspecified atom stereocenters. The van der Waals surface area contributed by atoms with Crippen LogP contribution in [0.25, 0.3) is 10.8 Å². The van der Waals surface area contributed by atoms with Gasteiger partial charge in [-0.1, -0.05) is 78.9 Å². The zero-order valence-electron chi connectivity index (χ0n) is 21.9. The maximum Gasteiger partial charge on any atom is 0.322 e. The van der Waals surface area contributed by atoms with Gasteiger partial charge in [-0.15, -0.1) is 0 Å². The van der Waals surface area contributed by atoms with Crippen LogP contribution in [0.1, 0.15) is 16.8 Å². The first-order chi connectivity index (χ1) is 19.2. The van der Waals surface area contributed by atoms with Crippen molar-refractivity contribution in [1.82, 2.24) is 9.88 Å². The number of hydrogen-bond donors (Lipinski definition) is 1. The lowest BCUT2D eigenvalue weighted by molar-refractivity contribution is 0.209. The first-order valence-corrected chi connectivity index (χ1v) is 13.0. The second kappa shape index (κ2) is 12.6. The number of nitrogens with zero attached hydrogens (tertiary/aromatic N) is 2. The van der Waals surface area contributed by atoms with E-state index in [0.29, 0.717) is 37.6 Å². The van der Waals surface area contributed by atoms with E-state index < -0.39 is 0 Å². The van der Waals surface area contributed by atoms with E-state index in [1.54, 1.807) is 18.2 Å². The largest absolute Gasteiger partial charge is 0.493 e. The Morgan fingerprint density at radius 3 is 2.44 bits per heavy atom. The molecular formula is C33H31N3O3. The standard InChI is InChI=1S/C33H31N3O3/c1-38-32-22-26(17-18-31(32)39-24-25-10-3-2-4-11-25)23-36(21-19-28-14-7-8-20-34-28)33(37)35-30-16-9-13-27-12-5-6-15-29(27)30/h2-18,20,22H,19,21,23-24H2,1H3,(H,35,37). The van der Waals surface area contributed by atoms with Crippen LogP contribution < -0.4 is 14.8 Å². The molecule has 5 aromatic rings. The molecule has 0 saturated carbocycles. The molecule has 4 aromatic carbocycles. The van der Waals surface area contributed by atoms with Crippen LogP contribution in [0.4, 0.5) is 10.5 Å². The Hall–Kier alpha value is -4.84. The van der Waals surface area contributed by atoms with Crippen molar-refractivity contribution in [1.29, 1.82) is 0 Å². The predicted octanol–water partition coefficient (Wildman–Crippen LogP) is 7.10. The molecule has 1 heterocycles. The van der Waals surface area contributed by atoms with Crippen molar-refractivity contribution >= 4 is 22.5 Å². The van der Waals surface area contributed by atoms with E-state index in [2.05, 4.69) is 10.3 Å². The average Bonchev–Trinajstić information content (AvgIpc) is 2.99. The molecule has 1 aromatic heterocycles. The third-order valence-electron chi connectivity index (χ3n) is 6.52. The maximum atomic E-state index is 13.6. The number of anilines is 1. The molecule has 0 saturated heterocycles. The molecule has 39 heavy (non-hydrogen) atoms. The lowest BCUT2D eigenvalue weighted by Crippen LogP contribution is -2.36. The molecule has 0 atom stereocenters. The van der Waals surface area contributed by atoms with E-state index in [0.717, 1.165) is 33.3 Å². The molecule has 1 N–H and O–H groups in total. The smallest absolute Gasteiger partial charge is 0.322 e. The van der Waals surface area contributed by atoms with Crippen LogP contribution in [0.5, 0.6) is 11.5 Å². The van der Waals surface area contributed by atoms with Gasteiger partial charge in [0.25, 0.3) is 0 Å². The van der Waals surface area contributed by atoms with Gasteiger partial charge < -0.3 is 19.7 Å². The summed E-state index contributed by atoms with van der Waals surface area (Å²) in [5.41, 5.74) is 3.73. The van der Waals surface area contributed by atoms with Crippen LogP contribution in [0.3, 0.4) is 0 Å². The fourth-order valence-electron chi connectivity index (χ4n) is 4.46. The molecule has 0 aliphatic carbocycles. The summed E-state index contributed by atoms with van der Waals surface area (Å²) in [6, 6.07) is 35.4.